The number of carbonyl (C=O) groups excluding carboxylic acids is 1. The Hall–Kier alpha value is -1.70. The molecule has 146 valence electrons. The molecule has 0 aromatic heterocycles. The molecule has 2 aromatic carbocycles. The van der Waals surface area contributed by atoms with Crippen molar-refractivity contribution in [3.63, 3.8) is 0 Å². The van der Waals surface area contributed by atoms with Crippen LogP contribution in [-0.4, -0.2) is 26.9 Å². The predicted molar refractivity (Wildman–Crippen MR) is 111 cm³/mol. The molecule has 27 heavy (non-hydrogen) atoms. The Balaban J connectivity index is 2.17. The van der Waals surface area contributed by atoms with Gasteiger partial charge in [0, 0.05) is 11.0 Å². The number of nitrogens with one attached hydrogen (secondary N) is 2. The van der Waals surface area contributed by atoms with Crippen molar-refractivity contribution in [2.75, 3.05) is 6.54 Å². The Kier molecular flexibility index (Phi) is 8.01. The summed E-state index contributed by atoms with van der Waals surface area (Å²) in [6.45, 7) is 4.66. The summed E-state index contributed by atoms with van der Waals surface area (Å²) in [5.74, 6) is 0.137. The Morgan fingerprint density at radius 3 is 2.26 bits per heavy atom. The molecule has 0 saturated carbocycles. The van der Waals surface area contributed by atoms with Crippen molar-refractivity contribution in [3.8, 4) is 0 Å². The van der Waals surface area contributed by atoms with Crippen LogP contribution in [0, 0.1) is 5.92 Å². The van der Waals surface area contributed by atoms with Crippen LogP contribution >= 0.6 is 15.9 Å². The molecule has 2 aromatic rings. The first-order valence-electron chi connectivity index (χ1n) is 8.87. The minimum Gasteiger partial charge on any atom is -0.355 e. The smallest absolute Gasteiger partial charge is 0.241 e. The summed E-state index contributed by atoms with van der Waals surface area (Å²) >= 11 is 3.29. The molecule has 1 amide bonds. The minimum atomic E-state index is -3.81. The average molecular weight is 453 g/mol. The Morgan fingerprint density at radius 2 is 1.67 bits per heavy atom. The molecule has 0 aliphatic carbocycles. The second-order valence-corrected chi connectivity index (χ2v) is 9.42. The first-order valence-corrected chi connectivity index (χ1v) is 11.1. The number of carbonyl (C=O) groups is 1. The van der Waals surface area contributed by atoms with Crippen LogP contribution in [0.4, 0.5) is 0 Å². The summed E-state index contributed by atoms with van der Waals surface area (Å²) in [5, 5.41) is 2.84. The van der Waals surface area contributed by atoms with Crippen molar-refractivity contribution >= 4 is 31.9 Å². The van der Waals surface area contributed by atoms with E-state index in [2.05, 4.69) is 39.8 Å². The molecule has 0 radical (unpaired) electrons. The van der Waals surface area contributed by atoms with E-state index in [9.17, 15) is 13.2 Å². The lowest BCUT2D eigenvalue weighted by atomic mass is 10.1. The Labute approximate surface area is 169 Å². The molecular weight excluding hydrogens is 428 g/mol. The number of amides is 1. The van der Waals surface area contributed by atoms with Gasteiger partial charge in [-0.05, 0) is 48.6 Å². The summed E-state index contributed by atoms with van der Waals surface area (Å²) in [7, 11) is -3.81. The van der Waals surface area contributed by atoms with E-state index in [0.717, 1.165) is 16.5 Å². The quantitative estimate of drug-likeness (QED) is 0.611. The number of rotatable bonds is 9. The summed E-state index contributed by atoms with van der Waals surface area (Å²) in [5.41, 5.74) is 0.889. The van der Waals surface area contributed by atoms with Crippen LogP contribution in [0.2, 0.25) is 0 Å². The lowest BCUT2D eigenvalue weighted by molar-refractivity contribution is -0.122. The van der Waals surface area contributed by atoms with Crippen molar-refractivity contribution in [2.45, 2.75) is 37.6 Å². The van der Waals surface area contributed by atoms with Crippen LogP contribution in [0.3, 0.4) is 0 Å². The SMILES string of the molecule is CC(C)CCNC(=O)[C@@H](Cc1ccccc1)NS(=O)(=O)c1ccc(Br)cc1. The zero-order chi connectivity index (χ0) is 19.9. The second kappa shape index (κ2) is 10.0. The van der Waals surface area contributed by atoms with Gasteiger partial charge in [-0.1, -0.05) is 60.1 Å². The highest BCUT2D eigenvalue weighted by atomic mass is 79.9. The number of benzene rings is 2. The third-order valence-electron chi connectivity index (χ3n) is 4.04. The maximum atomic E-state index is 12.7. The van der Waals surface area contributed by atoms with Gasteiger partial charge in [-0.2, -0.15) is 4.72 Å². The molecule has 7 heteroatoms. The van der Waals surface area contributed by atoms with Crippen molar-refractivity contribution in [3.05, 3.63) is 64.6 Å². The third-order valence-corrected chi connectivity index (χ3v) is 6.06. The zero-order valence-corrected chi connectivity index (χ0v) is 17.9. The van der Waals surface area contributed by atoms with Crippen LogP contribution in [-0.2, 0) is 21.2 Å². The van der Waals surface area contributed by atoms with E-state index in [1.54, 1.807) is 12.1 Å². The molecule has 0 heterocycles. The van der Waals surface area contributed by atoms with Gasteiger partial charge in [0.1, 0.15) is 6.04 Å². The number of halogens is 1. The summed E-state index contributed by atoms with van der Waals surface area (Å²) in [4.78, 5) is 12.8. The fourth-order valence-corrected chi connectivity index (χ4v) is 3.97. The van der Waals surface area contributed by atoms with Crippen LogP contribution in [0.25, 0.3) is 0 Å². The van der Waals surface area contributed by atoms with Gasteiger partial charge in [0.25, 0.3) is 0 Å². The molecule has 0 saturated heterocycles. The maximum absolute atomic E-state index is 12.7. The van der Waals surface area contributed by atoms with E-state index in [1.807, 2.05) is 30.3 Å². The molecular formula is C20H25BrN2O3S. The van der Waals surface area contributed by atoms with Crippen LogP contribution in [0.5, 0.6) is 0 Å². The minimum absolute atomic E-state index is 0.124. The second-order valence-electron chi connectivity index (χ2n) is 6.79. The fourth-order valence-electron chi connectivity index (χ4n) is 2.51. The lowest BCUT2D eigenvalue weighted by Gasteiger charge is -2.19. The molecule has 0 spiro atoms. The fraction of sp³-hybridized carbons (Fsp3) is 0.350. The van der Waals surface area contributed by atoms with E-state index in [4.69, 9.17) is 0 Å². The summed E-state index contributed by atoms with van der Waals surface area (Å²) in [6, 6.07) is 14.8. The molecule has 0 fully saturated rings. The maximum Gasteiger partial charge on any atom is 0.241 e. The third kappa shape index (κ3) is 7.08. The lowest BCUT2D eigenvalue weighted by Crippen LogP contribution is -2.48. The molecule has 0 unspecified atom stereocenters. The van der Waals surface area contributed by atoms with Crippen molar-refractivity contribution < 1.29 is 13.2 Å². The highest BCUT2D eigenvalue weighted by Gasteiger charge is 2.26. The van der Waals surface area contributed by atoms with E-state index < -0.39 is 16.1 Å². The van der Waals surface area contributed by atoms with Gasteiger partial charge < -0.3 is 5.32 Å². The van der Waals surface area contributed by atoms with Gasteiger partial charge in [0.15, 0.2) is 0 Å². The average Bonchev–Trinajstić information content (AvgIpc) is 2.62. The topological polar surface area (TPSA) is 75.3 Å². The molecule has 5 nitrogen and oxygen atoms in total. The van der Waals surface area contributed by atoms with Gasteiger partial charge >= 0.3 is 0 Å². The normalized spacial score (nSPS) is 12.7. The highest BCUT2D eigenvalue weighted by Crippen LogP contribution is 2.15. The van der Waals surface area contributed by atoms with Gasteiger partial charge in [-0.15, -0.1) is 0 Å². The number of hydrogen-bond acceptors (Lipinski definition) is 3. The van der Waals surface area contributed by atoms with Crippen molar-refractivity contribution in [1.29, 1.82) is 0 Å². The standard InChI is InChI=1S/C20H25BrN2O3S/c1-15(2)12-13-22-20(24)19(14-16-6-4-3-5-7-16)23-27(25,26)18-10-8-17(21)9-11-18/h3-11,15,19,23H,12-14H2,1-2H3,(H,22,24)/t19-/m1/s1. The van der Waals surface area contributed by atoms with Gasteiger partial charge in [0.05, 0.1) is 4.90 Å². The highest BCUT2D eigenvalue weighted by molar-refractivity contribution is 9.10. The Bertz CT molecular complexity index is 837. The summed E-state index contributed by atoms with van der Waals surface area (Å²) in [6.07, 6.45) is 1.12. The molecule has 1 atom stereocenters. The Morgan fingerprint density at radius 1 is 1.04 bits per heavy atom. The van der Waals surface area contributed by atoms with Crippen LogP contribution in [0.15, 0.2) is 64.0 Å². The molecule has 2 rings (SSSR count). The molecule has 2 N–H and O–H groups in total. The van der Waals surface area contributed by atoms with E-state index in [1.165, 1.54) is 12.1 Å². The molecule has 0 bridgehead atoms. The largest absolute Gasteiger partial charge is 0.355 e. The van der Waals surface area contributed by atoms with Crippen LogP contribution in [0.1, 0.15) is 25.8 Å². The van der Waals surface area contributed by atoms with Gasteiger partial charge in [0.2, 0.25) is 15.9 Å². The van der Waals surface area contributed by atoms with Crippen molar-refractivity contribution in [1.82, 2.24) is 10.0 Å². The van der Waals surface area contributed by atoms with E-state index in [-0.39, 0.29) is 17.2 Å². The predicted octanol–water partition coefficient (Wildman–Crippen LogP) is 3.50. The van der Waals surface area contributed by atoms with Crippen molar-refractivity contribution in [2.24, 2.45) is 5.92 Å². The first-order chi connectivity index (χ1) is 12.8. The monoisotopic (exact) mass is 452 g/mol. The number of sulfonamides is 1. The molecule has 0 aliphatic rings. The van der Waals surface area contributed by atoms with Gasteiger partial charge in [-0.25, -0.2) is 8.42 Å². The first kappa shape index (κ1) is 21.6. The summed E-state index contributed by atoms with van der Waals surface area (Å²) < 4.78 is 28.8. The van der Waals surface area contributed by atoms with E-state index in [0.29, 0.717) is 12.5 Å². The van der Waals surface area contributed by atoms with E-state index >= 15 is 0 Å². The van der Waals surface area contributed by atoms with Gasteiger partial charge in [-0.3, -0.25) is 4.79 Å². The molecule has 0 aliphatic heterocycles. The van der Waals surface area contributed by atoms with Crippen LogP contribution < -0.4 is 10.0 Å². The zero-order valence-electron chi connectivity index (χ0n) is 15.5. The number of hydrogen-bond donors (Lipinski definition) is 2.